The van der Waals surface area contributed by atoms with Crippen molar-refractivity contribution in [3.05, 3.63) is 38.9 Å². The molecule has 0 saturated heterocycles. The smallest absolute Gasteiger partial charge is 0.325 e. The minimum absolute atomic E-state index is 0.172. The van der Waals surface area contributed by atoms with Crippen LogP contribution in [0.3, 0.4) is 0 Å². The maximum atomic E-state index is 12.1. The van der Waals surface area contributed by atoms with Crippen molar-refractivity contribution in [1.82, 2.24) is 4.90 Å². The molecule has 0 aliphatic rings. The van der Waals surface area contributed by atoms with Gasteiger partial charge in [0.15, 0.2) is 0 Å². The van der Waals surface area contributed by atoms with Crippen LogP contribution in [-0.2, 0) is 9.53 Å². The van der Waals surface area contributed by atoms with Crippen molar-refractivity contribution in [3.63, 3.8) is 0 Å². The fourth-order valence-electron chi connectivity index (χ4n) is 1.52. The number of nitro benzene ring substituents is 1. The predicted octanol–water partition coefficient (Wildman–Crippen LogP) is 1.88. The fourth-order valence-corrected chi connectivity index (χ4v) is 1.69. The molecular weight excluding hydrogens is 288 g/mol. The molecule has 1 amide bonds. The summed E-state index contributed by atoms with van der Waals surface area (Å²) in [6, 6.07) is 3.67. The Morgan fingerprint density at radius 1 is 1.45 bits per heavy atom. The van der Waals surface area contributed by atoms with Gasteiger partial charge in [0.25, 0.3) is 11.6 Å². The summed E-state index contributed by atoms with van der Waals surface area (Å²) in [5, 5.41) is 11.1. The van der Waals surface area contributed by atoms with E-state index in [0.717, 1.165) is 11.0 Å². The first-order chi connectivity index (χ1) is 9.36. The molecule has 1 rings (SSSR count). The molecule has 0 heterocycles. The first kappa shape index (κ1) is 15.9. The van der Waals surface area contributed by atoms with Crippen LogP contribution >= 0.6 is 11.6 Å². The molecule has 0 aromatic heterocycles. The van der Waals surface area contributed by atoms with Crippen molar-refractivity contribution in [2.24, 2.45) is 0 Å². The lowest BCUT2D eigenvalue weighted by molar-refractivity contribution is -0.385. The fraction of sp³-hybridized carbons (Fsp3) is 0.333. The van der Waals surface area contributed by atoms with Gasteiger partial charge in [0.05, 0.1) is 11.5 Å². The first-order valence-corrected chi connectivity index (χ1v) is 6.09. The van der Waals surface area contributed by atoms with Crippen molar-refractivity contribution in [3.8, 4) is 0 Å². The molecule has 0 spiro atoms. The van der Waals surface area contributed by atoms with Gasteiger partial charge in [-0.2, -0.15) is 0 Å². The van der Waals surface area contributed by atoms with E-state index in [2.05, 4.69) is 0 Å². The van der Waals surface area contributed by atoms with Gasteiger partial charge in [-0.3, -0.25) is 19.7 Å². The Morgan fingerprint density at radius 3 is 2.65 bits per heavy atom. The highest BCUT2D eigenvalue weighted by atomic mass is 35.5. The van der Waals surface area contributed by atoms with Crippen LogP contribution in [0.25, 0.3) is 0 Å². The summed E-state index contributed by atoms with van der Waals surface area (Å²) in [6.45, 7) is 1.54. The van der Waals surface area contributed by atoms with E-state index >= 15 is 0 Å². The maximum absolute atomic E-state index is 12.1. The topological polar surface area (TPSA) is 89.8 Å². The zero-order chi connectivity index (χ0) is 15.3. The highest BCUT2D eigenvalue weighted by molar-refractivity contribution is 6.31. The lowest BCUT2D eigenvalue weighted by Crippen LogP contribution is -2.33. The molecule has 20 heavy (non-hydrogen) atoms. The Hall–Kier alpha value is -2.15. The van der Waals surface area contributed by atoms with Crippen LogP contribution in [0.15, 0.2) is 18.2 Å². The van der Waals surface area contributed by atoms with Crippen molar-refractivity contribution in [2.45, 2.75) is 6.92 Å². The normalized spacial score (nSPS) is 9.95. The molecule has 0 radical (unpaired) electrons. The van der Waals surface area contributed by atoms with Crippen LogP contribution in [0.4, 0.5) is 5.69 Å². The summed E-state index contributed by atoms with van der Waals surface area (Å²) in [4.78, 5) is 34.7. The zero-order valence-corrected chi connectivity index (χ0v) is 11.7. The van der Waals surface area contributed by atoms with E-state index in [9.17, 15) is 19.7 Å². The van der Waals surface area contributed by atoms with Crippen LogP contribution in [0, 0.1) is 10.1 Å². The highest BCUT2D eigenvalue weighted by Crippen LogP contribution is 2.23. The third-order valence-corrected chi connectivity index (χ3v) is 2.64. The molecule has 0 aliphatic carbocycles. The van der Waals surface area contributed by atoms with Crippen molar-refractivity contribution in [2.75, 3.05) is 20.2 Å². The van der Waals surface area contributed by atoms with E-state index in [1.807, 2.05) is 0 Å². The number of nitrogens with zero attached hydrogens (tertiary/aromatic N) is 2. The summed E-state index contributed by atoms with van der Waals surface area (Å²) in [5.41, 5.74) is -0.538. The van der Waals surface area contributed by atoms with Gasteiger partial charge in [-0.15, -0.1) is 0 Å². The SMILES string of the molecule is CCOC(=O)CN(C)C(=O)c1cc(Cl)ccc1[N+](=O)[O-]. The molecule has 0 aliphatic heterocycles. The number of amides is 1. The van der Waals surface area contributed by atoms with E-state index in [4.69, 9.17) is 16.3 Å². The van der Waals surface area contributed by atoms with Crippen LogP contribution in [-0.4, -0.2) is 41.9 Å². The second kappa shape index (κ2) is 6.85. The molecule has 8 heteroatoms. The lowest BCUT2D eigenvalue weighted by atomic mass is 10.1. The van der Waals surface area contributed by atoms with Gasteiger partial charge < -0.3 is 9.64 Å². The second-order valence-corrected chi connectivity index (χ2v) is 4.32. The third kappa shape index (κ3) is 3.92. The number of likely N-dealkylation sites (N-methyl/N-ethyl adjacent to an activating group) is 1. The van der Waals surface area contributed by atoms with Gasteiger partial charge >= 0.3 is 5.97 Å². The lowest BCUT2D eigenvalue weighted by Gasteiger charge is -2.16. The largest absolute Gasteiger partial charge is 0.465 e. The summed E-state index contributed by atoms with van der Waals surface area (Å²) < 4.78 is 4.71. The molecular formula is C12H13ClN2O5. The Balaban J connectivity index is 2.99. The number of carbonyl (C=O) groups excluding carboxylic acids is 2. The van der Waals surface area contributed by atoms with Gasteiger partial charge in [0, 0.05) is 18.1 Å². The Kier molecular flexibility index (Phi) is 5.45. The van der Waals surface area contributed by atoms with Crippen molar-refractivity contribution < 1.29 is 19.2 Å². The van der Waals surface area contributed by atoms with E-state index in [1.165, 1.54) is 19.2 Å². The number of hydrogen-bond donors (Lipinski definition) is 0. The minimum atomic E-state index is -0.679. The number of rotatable bonds is 5. The van der Waals surface area contributed by atoms with E-state index in [-0.39, 0.29) is 29.4 Å². The third-order valence-electron chi connectivity index (χ3n) is 2.40. The average Bonchev–Trinajstić information content (AvgIpc) is 2.37. The Bertz CT molecular complexity index is 547. The second-order valence-electron chi connectivity index (χ2n) is 3.88. The van der Waals surface area contributed by atoms with Gasteiger partial charge in [0.1, 0.15) is 12.1 Å². The molecule has 0 atom stereocenters. The van der Waals surface area contributed by atoms with Gasteiger partial charge in [-0.25, -0.2) is 0 Å². The number of benzene rings is 1. The first-order valence-electron chi connectivity index (χ1n) is 5.71. The standard InChI is InChI=1S/C12H13ClN2O5/c1-3-20-11(16)7-14(2)12(17)9-6-8(13)4-5-10(9)15(18)19/h4-6H,3,7H2,1-2H3. The van der Waals surface area contributed by atoms with Crippen LogP contribution in [0.1, 0.15) is 17.3 Å². The molecule has 1 aromatic carbocycles. The number of hydrogen-bond acceptors (Lipinski definition) is 5. The monoisotopic (exact) mass is 300 g/mol. The molecule has 0 unspecified atom stereocenters. The molecule has 0 N–H and O–H groups in total. The van der Waals surface area contributed by atoms with Gasteiger partial charge in [-0.05, 0) is 19.1 Å². The van der Waals surface area contributed by atoms with Crippen LogP contribution in [0.5, 0.6) is 0 Å². The predicted molar refractivity (Wildman–Crippen MR) is 71.7 cm³/mol. The van der Waals surface area contributed by atoms with Crippen molar-refractivity contribution in [1.29, 1.82) is 0 Å². The molecule has 0 saturated carbocycles. The number of halogens is 1. The molecule has 108 valence electrons. The number of ether oxygens (including phenoxy) is 1. The summed E-state index contributed by atoms with van der Waals surface area (Å²) in [5.74, 6) is -1.26. The average molecular weight is 301 g/mol. The quantitative estimate of drug-likeness (QED) is 0.470. The minimum Gasteiger partial charge on any atom is -0.465 e. The summed E-state index contributed by atoms with van der Waals surface area (Å²) in [6.07, 6.45) is 0. The maximum Gasteiger partial charge on any atom is 0.325 e. The highest BCUT2D eigenvalue weighted by Gasteiger charge is 2.24. The van der Waals surface area contributed by atoms with Crippen LogP contribution in [0.2, 0.25) is 5.02 Å². The van der Waals surface area contributed by atoms with E-state index in [0.29, 0.717) is 0 Å². The number of carbonyl (C=O) groups is 2. The van der Waals surface area contributed by atoms with Gasteiger partial charge in [0.2, 0.25) is 0 Å². The van der Waals surface area contributed by atoms with E-state index < -0.39 is 16.8 Å². The van der Waals surface area contributed by atoms with Crippen LogP contribution < -0.4 is 0 Å². The Morgan fingerprint density at radius 2 is 2.10 bits per heavy atom. The molecule has 0 bridgehead atoms. The number of esters is 1. The Labute approximate surface area is 120 Å². The summed E-state index contributed by atoms with van der Waals surface area (Å²) in [7, 11) is 1.35. The molecule has 0 fully saturated rings. The molecule has 7 nitrogen and oxygen atoms in total. The van der Waals surface area contributed by atoms with Gasteiger partial charge in [-0.1, -0.05) is 11.6 Å². The summed E-state index contributed by atoms with van der Waals surface area (Å²) >= 11 is 5.74. The number of nitro groups is 1. The van der Waals surface area contributed by atoms with Crippen molar-refractivity contribution >= 4 is 29.2 Å². The van der Waals surface area contributed by atoms with E-state index in [1.54, 1.807) is 6.92 Å². The zero-order valence-electron chi connectivity index (χ0n) is 11.0. The molecule has 1 aromatic rings.